The summed E-state index contributed by atoms with van der Waals surface area (Å²) in [6.45, 7) is 6.68. The average Bonchev–Trinajstić information content (AvgIpc) is 3.39. The van der Waals surface area contributed by atoms with E-state index in [-0.39, 0.29) is 23.6 Å². The van der Waals surface area contributed by atoms with Gasteiger partial charge in [-0.05, 0) is 86.8 Å². The fourth-order valence-electron chi connectivity index (χ4n) is 5.86. The molecule has 190 valence electrons. The number of amides is 2. The highest BCUT2D eigenvalue weighted by atomic mass is 19.1. The van der Waals surface area contributed by atoms with Crippen molar-refractivity contribution in [3.8, 4) is 0 Å². The van der Waals surface area contributed by atoms with Crippen LogP contribution in [0.15, 0.2) is 48.7 Å². The summed E-state index contributed by atoms with van der Waals surface area (Å²) in [6.07, 6.45) is 5.50. The number of hydrogen-bond donors (Lipinski definition) is 2. The molecule has 5 rings (SSSR count). The van der Waals surface area contributed by atoms with Crippen LogP contribution in [0.2, 0.25) is 0 Å². The van der Waals surface area contributed by atoms with E-state index in [4.69, 9.17) is 4.74 Å². The summed E-state index contributed by atoms with van der Waals surface area (Å²) in [5, 5.41) is 3.66. The van der Waals surface area contributed by atoms with E-state index < -0.39 is 17.7 Å². The number of ether oxygens (including phenoxy) is 1. The third kappa shape index (κ3) is 4.84. The van der Waals surface area contributed by atoms with Gasteiger partial charge in [0.1, 0.15) is 17.5 Å². The number of nitrogens with zero attached hydrogens (tertiary/aromatic N) is 1. The number of alkyl carbamates (subject to hydrolysis) is 1. The first kappa shape index (κ1) is 24.3. The van der Waals surface area contributed by atoms with Crippen molar-refractivity contribution in [3.05, 3.63) is 71.2 Å². The summed E-state index contributed by atoms with van der Waals surface area (Å²) in [5.41, 5.74) is 3.83. The third-order valence-corrected chi connectivity index (χ3v) is 7.64. The van der Waals surface area contributed by atoms with Gasteiger partial charge in [-0.25, -0.2) is 9.18 Å². The first-order valence-electron chi connectivity index (χ1n) is 12.8. The average molecular weight is 492 g/mol. The minimum absolute atomic E-state index is 0.113. The summed E-state index contributed by atoms with van der Waals surface area (Å²) in [5.74, 6) is -0.440. The summed E-state index contributed by atoms with van der Waals surface area (Å²) >= 11 is 0. The zero-order valence-corrected chi connectivity index (χ0v) is 21.2. The number of aromatic amines is 1. The molecule has 0 saturated carbocycles. The lowest BCUT2D eigenvalue weighted by molar-refractivity contribution is -0.135. The van der Waals surface area contributed by atoms with Gasteiger partial charge in [-0.1, -0.05) is 24.3 Å². The van der Waals surface area contributed by atoms with Crippen LogP contribution >= 0.6 is 0 Å². The molecular weight excluding hydrogens is 457 g/mol. The molecule has 0 bridgehead atoms. The van der Waals surface area contributed by atoms with Crippen LogP contribution in [0.4, 0.5) is 9.18 Å². The zero-order valence-electron chi connectivity index (χ0n) is 21.2. The highest BCUT2D eigenvalue weighted by Crippen LogP contribution is 2.46. The number of halogens is 1. The molecule has 36 heavy (non-hydrogen) atoms. The van der Waals surface area contributed by atoms with Crippen LogP contribution in [0.25, 0.3) is 10.9 Å². The highest BCUT2D eigenvalue weighted by Gasteiger charge is 2.42. The molecule has 2 aliphatic rings. The number of nitrogens with one attached hydrogen (secondary N) is 2. The number of carbonyl (C=O) groups excluding carboxylic acids is 2. The number of fused-ring (bicyclic) bond motifs is 3. The molecule has 2 N–H and O–H groups in total. The first-order chi connectivity index (χ1) is 17.1. The molecule has 3 aromatic rings. The van der Waals surface area contributed by atoms with Crippen LogP contribution in [0, 0.1) is 5.82 Å². The molecule has 0 radical (unpaired) electrons. The zero-order chi connectivity index (χ0) is 25.5. The Labute approximate surface area is 211 Å². The van der Waals surface area contributed by atoms with Crippen molar-refractivity contribution in [2.75, 3.05) is 13.1 Å². The summed E-state index contributed by atoms with van der Waals surface area (Å²) < 4.78 is 19.1. The monoisotopic (exact) mass is 491 g/mol. The summed E-state index contributed by atoms with van der Waals surface area (Å²) in [7, 11) is 0. The second-order valence-electron chi connectivity index (χ2n) is 11.2. The normalized spacial score (nSPS) is 17.7. The van der Waals surface area contributed by atoms with Crippen molar-refractivity contribution in [3.63, 3.8) is 0 Å². The van der Waals surface area contributed by atoms with Crippen molar-refractivity contribution in [1.82, 2.24) is 15.2 Å². The van der Waals surface area contributed by atoms with Gasteiger partial charge in [-0.2, -0.15) is 0 Å². The van der Waals surface area contributed by atoms with Crippen molar-refractivity contribution in [2.24, 2.45) is 0 Å². The minimum atomic E-state index is -0.784. The molecule has 1 saturated heterocycles. The predicted molar refractivity (Wildman–Crippen MR) is 137 cm³/mol. The molecule has 1 aromatic heterocycles. The van der Waals surface area contributed by atoms with E-state index in [0.29, 0.717) is 18.6 Å². The molecule has 1 aliphatic heterocycles. The van der Waals surface area contributed by atoms with Gasteiger partial charge >= 0.3 is 6.09 Å². The van der Waals surface area contributed by atoms with Crippen molar-refractivity contribution >= 4 is 22.9 Å². The maximum Gasteiger partial charge on any atom is 0.408 e. The molecular formula is C29H34FN3O3. The largest absolute Gasteiger partial charge is 0.444 e. The molecule has 2 aromatic carbocycles. The van der Waals surface area contributed by atoms with E-state index in [1.807, 2.05) is 4.90 Å². The maximum atomic E-state index is 13.8. The fourth-order valence-corrected chi connectivity index (χ4v) is 5.86. The summed E-state index contributed by atoms with van der Waals surface area (Å²) in [6, 6.07) is 12.4. The van der Waals surface area contributed by atoms with E-state index in [1.165, 1.54) is 23.3 Å². The molecule has 1 atom stereocenters. The van der Waals surface area contributed by atoms with Crippen molar-refractivity contribution in [2.45, 2.75) is 69.9 Å². The molecule has 2 heterocycles. The van der Waals surface area contributed by atoms with Crippen molar-refractivity contribution < 1.29 is 18.7 Å². The Morgan fingerprint density at radius 2 is 1.89 bits per heavy atom. The predicted octanol–water partition coefficient (Wildman–Crippen LogP) is 5.25. The van der Waals surface area contributed by atoms with E-state index >= 15 is 0 Å². The van der Waals surface area contributed by atoms with Gasteiger partial charge in [0.25, 0.3) is 0 Å². The van der Waals surface area contributed by atoms with Crippen LogP contribution in [0.3, 0.4) is 0 Å². The Morgan fingerprint density at radius 3 is 2.64 bits per heavy atom. The first-order valence-corrected chi connectivity index (χ1v) is 12.8. The standard InChI is InChI=1S/C29H34FN3O3/c1-28(2,3)36-27(35)32-25(16-20-18-31-24-17-21(30)8-9-22(20)24)26(34)33-14-12-29(13-15-33)11-10-19-6-4-5-7-23(19)29/h4-9,17-18,25,31H,10-16H2,1-3H3,(H,32,35). The van der Waals surface area contributed by atoms with Gasteiger partial charge < -0.3 is 19.9 Å². The minimum Gasteiger partial charge on any atom is -0.444 e. The van der Waals surface area contributed by atoms with Crippen LogP contribution in [-0.2, 0) is 27.8 Å². The number of likely N-dealkylation sites (tertiary alicyclic amines) is 1. The van der Waals surface area contributed by atoms with Gasteiger partial charge in [0.2, 0.25) is 5.91 Å². The van der Waals surface area contributed by atoms with Crippen molar-refractivity contribution in [1.29, 1.82) is 0 Å². The fraction of sp³-hybridized carbons (Fsp3) is 0.448. The van der Waals surface area contributed by atoms with E-state index in [2.05, 4.69) is 34.6 Å². The molecule has 7 heteroatoms. The number of rotatable bonds is 4. The van der Waals surface area contributed by atoms with Gasteiger partial charge in [0.05, 0.1) is 0 Å². The van der Waals surface area contributed by atoms with Crippen LogP contribution in [-0.4, -0.2) is 46.6 Å². The molecule has 1 aliphatic carbocycles. The molecule has 2 amide bonds. The summed E-state index contributed by atoms with van der Waals surface area (Å²) in [4.78, 5) is 31.4. The lowest BCUT2D eigenvalue weighted by atomic mass is 9.74. The SMILES string of the molecule is CC(C)(C)OC(=O)NC(Cc1c[nH]c2cc(F)ccc12)C(=O)N1CCC2(CCc3ccccc32)CC1. The molecule has 6 nitrogen and oxygen atoms in total. The Hall–Kier alpha value is -3.35. The third-order valence-electron chi connectivity index (χ3n) is 7.64. The smallest absolute Gasteiger partial charge is 0.408 e. The molecule has 1 fully saturated rings. The van der Waals surface area contributed by atoms with E-state index in [1.54, 1.807) is 33.0 Å². The lowest BCUT2D eigenvalue weighted by Crippen LogP contribution is -2.54. The number of aromatic nitrogens is 1. The Bertz CT molecular complexity index is 1280. The quantitative estimate of drug-likeness (QED) is 0.524. The second-order valence-corrected chi connectivity index (χ2v) is 11.2. The lowest BCUT2D eigenvalue weighted by Gasteiger charge is -2.41. The van der Waals surface area contributed by atoms with Crippen LogP contribution in [0.5, 0.6) is 0 Å². The number of H-pyrrole nitrogens is 1. The Balaban J connectivity index is 1.34. The number of aryl methyl sites for hydroxylation is 1. The van der Waals surface area contributed by atoms with Gasteiger partial charge in [0.15, 0.2) is 0 Å². The van der Waals surface area contributed by atoms with Crippen LogP contribution < -0.4 is 5.32 Å². The molecule has 1 spiro atoms. The second kappa shape index (κ2) is 9.26. The Kier molecular flexibility index (Phi) is 6.27. The molecule has 1 unspecified atom stereocenters. The topological polar surface area (TPSA) is 74.4 Å². The highest BCUT2D eigenvalue weighted by molar-refractivity contribution is 5.88. The van der Waals surface area contributed by atoms with Gasteiger partial charge in [-0.3, -0.25) is 4.79 Å². The number of carbonyl (C=O) groups is 2. The van der Waals surface area contributed by atoms with E-state index in [0.717, 1.165) is 36.6 Å². The van der Waals surface area contributed by atoms with Crippen LogP contribution in [0.1, 0.15) is 56.7 Å². The van der Waals surface area contributed by atoms with Gasteiger partial charge in [0, 0.05) is 36.6 Å². The maximum absolute atomic E-state index is 13.8. The Morgan fingerprint density at radius 1 is 1.14 bits per heavy atom. The number of hydrogen-bond acceptors (Lipinski definition) is 3. The number of piperidine rings is 1. The number of benzene rings is 2. The van der Waals surface area contributed by atoms with E-state index in [9.17, 15) is 14.0 Å². The van der Waals surface area contributed by atoms with Gasteiger partial charge in [-0.15, -0.1) is 0 Å².